The third-order valence-electron chi connectivity index (χ3n) is 2.74. The van der Waals surface area contributed by atoms with Crippen molar-refractivity contribution >= 4 is 48.8 Å². The number of halogens is 1. The molecule has 0 aliphatic carbocycles. The number of aryl methyl sites for hydroxylation is 1. The molecule has 0 saturated heterocycles. The first kappa shape index (κ1) is 15.9. The summed E-state index contributed by atoms with van der Waals surface area (Å²) in [5.74, 6) is 0. The highest BCUT2D eigenvalue weighted by Gasteiger charge is 2.14. The van der Waals surface area contributed by atoms with Crippen LogP contribution in [0.4, 0.5) is 5.69 Å². The molecule has 0 atom stereocenters. The zero-order valence-electron chi connectivity index (χ0n) is 11.1. The molecule has 21 heavy (non-hydrogen) atoms. The van der Waals surface area contributed by atoms with Crippen molar-refractivity contribution in [3.8, 4) is 0 Å². The van der Waals surface area contributed by atoms with E-state index < -0.39 is 10.0 Å². The van der Waals surface area contributed by atoms with Crippen molar-refractivity contribution in [3.05, 3.63) is 58.1 Å². The molecule has 0 heterocycles. The van der Waals surface area contributed by atoms with Crippen LogP contribution in [0.15, 0.2) is 51.8 Å². The molecule has 0 spiro atoms. The number of sulfonamides is 1. The van der Waals surface area contributed by atoms with Crippen LogP contribution in [0.2, 0.25) is 0 Å². The lowest BCUT2D eigenvalue weighted by Crippen LogP contribution is -2.14. The second kappa shape index (κ2) is 6.13. The van der Waals surface area contributed by atoms with Gasteiger partial charge in [0.25, 0.3) is 10.0 Å². The van der Waals surface area contributed by atoms with Gasteiger partial charge in [-0.05, 0) is 42.8 Å². The molecule has 2 aromatic rings. The SMILES string of the molecule is Cc1cc(Br)cc(NS(=O)(=O)c2ccc(C(N)=S)cc2)c1. The van der Waals surface area contributed by atoms with Crippen LogP contribution >= 0.6 is 28.1 Å². The number of hydrogen-bond donors (Lipinski definition) is 2. The van der Waals surface area contributed by atoms with Crippen LogP contribution in [0.25, 0.3) is 0 Å². The average molecular weight is 385 g/mol. The van der Waals surface area contributed by atoms with Crippen LogP contribution in [0.3, 0.4) is 0 Å². The fraction of sp³-hybridized carbons (Fsp3) is 0.0714. The number of thiocarbonyl (C=S) groups is 1. The monoisotopic (exact) mass is 384 g/mol. The Hall–Kier alpha value is -1.44. The summed E-state index contributed by atoms with van der Waals surface area (Å²) in [6, 6.07) is 11.5. The van der Waals surface area contributed by atoms with Crippen molar-refractivity contribution < 1.29 is 8.42 Å². The number of nitrogens with two attached hydrogens (primary N) is 1. The van der Waals surface area contributed by atoms with E-state index in [1.807, 2.05) is 13.0 Å². The van der Waals surface area contributed by atoms with Crippen LogP contribution in [0, 0.1) is 6.92 Å². The standard InChI is InChI=1S/C14H13BrN2O2S2/c1-9-6-11(15)8-12(7-9)17-21(18,19)13-4-2-10(3-5-13)14(16)20/h2-8,17H,1H3,(H2,16,20). The Balaban J connectivity index is 2.31. The Morgan fingerprint density at radius 2 is 1.81 bits per heavy atom. The van der Waals surface area contributed by atoms with E-state index in [1.54, 1.807) is 24.3 Å². The maximum absolute atomic E-state index is 12.3. The van der Waals surface area contributed by atoms with Crippen molar-refractivity contribution in [2.45, 2.75) is 11.8 Å². The summed E-state index contributed by atoms with van der Waals surface area (Å²) in [6.45, 7) is 1.89. The predicted molar refractivity (Wildman–Crippen MR) is 92.0 cm³/mol. The fourth-order valence-electron chi connectivity index (χ4n) is 1.81. The second-order valence-corrected chi connectivity index (χ2v) is 7.55. The Morgan fingerprint density at radius 1 is 1.19 bits per heavy atom. The van der Waals surface area contributed by atoms with E-state index in [2.05, 4.69) is 20.7 Å². The van der Waals surface area contributed by atoms with Crippen molar-refractivity contribution in [3.63, 3.8) is 0 Å². The van der Waals surface area contributed by atoms with Crippen LogP contribution in [-0.2, 0) is 10.0 Å². The highest BCUT2D eigenvalue weighted by molar-refractivity contribution is 9.10. The Morgan fingerprint density at radius 3 is 2.33 bits per heavy atom. The van der Waals surface area contributed by atoms with Crippen LogP contribution in [0.5, 0.6) is 0 Å². The molecule has 0 bridgehead atoms. The van der Waals surface area contributed by atoms with Gasteiger partial charge in [0.1, 0.15) is 4.99 Å². The second-order valence-electron chi connectivity index (χ2n) is 4.51. The molecule has 0 aliphatic heterocycles. The van der Waals surface area contributed by atoms with Crippen LogP contribution in [-0.4, -0.2) is 13.4 Å². The lowest BCUT2D eigenvalue weighted by atomic mass is 10.2. The molecular weight excluding hydrogens is 372 g/mol. The molecule has 0 radical (unpaired) electrons. The number of benzene rings is 2. The van der Waals surface area contributed by atoms with Gasteiger partial charge in [0.15, 0.2) is 0 Å². The van der Waals surface area contributed by atoms with Gasteiger partial charge in [-0.1, -0.05) is 40.3 Å². The van der Waals surface area contributed by atoms with Gasteiger partial charge >= 0.3 is 0 Å². The fourth-order valence-corrected chi connectivity index (χ4v) is 3.59. The zero-order chi connectivity index (χ0) is 15.6. The number of anilines is 1. The molecule has 0 amide bonds. The molecule has 0 aliphatic rings. The van der Waals surface area contributed by atoms with Crippen molar-refractivity contribution in [1.29, 1.82) is 0 Å². The van der Waals surface area contributed by atoms with Crippen molar-refractivity contribution in [1.82, 2.24) is 0 Å². The highest BCUT2D eigenvalue weighted by Crippen LogP contribution is 2.22. The van der Waals surface area contributed by atoms with Gasteiger partial charge < -0.3 is 5.73 Å². The third-order valence-corrected chi connectivity index (χ3v) is 4.83. The first-order valence-corrected chi connectivity index (χ1v) is 8.66. The Bertz CT molecular complexity index is 767. The van der Waals surface area contributed by atoms with Gasteiger partial charge in [0.2, 0.25) is 0 Å². The van der Waals surface area contributed by atoms with Gasteiger partial charge in [0, 0.05) is 10.0 Å². The Labute approximate surface area is 137 Å². The maximum Gasteiger partial charge on any atom is 0.261 e. The summed E-state index contributed by atoms with van der Waals surface area (Å²) in [7, 11) is -3.64. The van der Waals surface area contributed by atoms with Crippen LogP contribution in [0.1, 0.15) is 11.1 Å². The van der Waals surface area contributed by atoms with Gasteiger partial charge in [-0.15, -0.1) is 0 Å². The molecule has 3 N–H and O–H groups in total. The largest absolute Gasteiger partial charge is 0.389 e. The minimum absolute atomic E-state index is 0.153. The quantitative estimate of drug-likeness (QED) is 0.793. The summed E-state index contributed by atoms with van der Waals surface area (Å²) in [5.41, 5.74) is 7.57. The van der Waals surface area contributed by atoms with Crippen molar-refractivity contribution in [2.24, 2.45) is 5.73 Å². The van der Waals surface area contributed by atoms with E-state index in [1.165, 1.54) is 12.1 Å². The summed E-state index contributed by atoms with van der Waals surface area (Å²) in [6.07, 6.45) is 0. The van der Waals surface area contributed by atoms with Gasteiger partial charge in [0.05, 0.1) is 10.6 Å². The highest BCUT2D eigenvalue weighted by atomic mass is 79.9. The summed E-state index contributed by atoms with van der Waals surface area (Å²) in [5, 5.41) is 0. The number of nitrogens with one attached hydrogen (secondary N) is 1. The van der Waals surface area contributed by atoms with E-state index >= 15 is 0 Å². The number of hydrogen-bond acceptors (Lipinski definition) is 3. The van der Waals surface area contributed by atoms with Gasteiger partial charge in [-0.3, -0.25) is 4.72 Å². The zero-order valence-corrected chi connectivity index (χ0v) is 14.3. The van der Waals surface area contributed by atoms with E-state index in [9.17, 15) is 8.42 Å². The molecular formula is C14H13BrN2O2S2. The van der Waals surface area contributed by atoms with E-state index in [0.717, 1.165) is 10.0 Å². The lowest BCUT2D eigenvalue weighted by Gasteiger charge is -2.10. The smallest absolute Gasteiger partial charge is 0.261 e. The summed E-state index contributed by atoms with van der Waals surface area (Å²) >= 11 is 8.18. The first-order chi connectivity index (χ1) is 9.78. The molecule has 7 heteroatoms. The molecule has 2 aromatic carbocycles. The first-order valence-electron chi connectivity index (χ1n) is 5.98. The summed E-state index contributed by atoms with van der Waals surface area (Å²) in [4.78, 5) is 0.384. The third kappa shape index (κ3) is 4.03. The molecule has 2 rings (SSSR count). The molecule has 0 aromatic heterocycles. The van der Waals surface area contributed by atoms with Crippen LogP contribution < -0.4 is 10.5 Å². The molecule has 4 nitrogen and oxygen atoms in total. The van der Waals surface area contributed by atoms with Crippen molar-refractivity contribution in [2.75, 3.05) is 4.72 Å². The van der Waals surface area contributed by atoms with E-state index in [-0.39, 0.29) is 9.88 Å². The topological polar surface area (TPSA) is 72.2 Å². The maximum atomic E-state index is 12.3. The predicted octanol–water partition coefficient (Wildman–Crippen LogP) is 3.19. The minimum Gasteiger partial charge on any atom is -0.389 e. The van der Waals surface area contributed by atoms with E-state index in [0.29, 0.717) is 11.3 Å². The normalized spacial score (nSPS) is 11.1. The van der Waals surface area contributed by atoms with Gasteiger partial charge in [-0.25, -0.2) is 8.42 Å². The number of rotatable bonds is 4. The lowest BCUT2D eigenvalue weighted by molar-refractivity contribution is 0.601. The molecule has 0 unspecified atom stereocenters. The Kier molecular flexibility index (Phi) is 4.65. The molecule has 0 saturated carbocycles. The van der Waals surface area contributed by atoms with E-state index in [4.69, 9.17) is 18.0 Å². The molecule has 0 fully saturated rings. The summed E-state index contributed by atoms with van der Waals surface area (Å²) < 4.78 is 28.0. The van der Waals surface area contributed by atoms with Gasteiger partial charge in [-0.2, -0.15) is 0 Å². The average Bonchev–Trinajstić information content (AvgIpc) is 2.37. The molecule has 110 valence electrons. The minimum atomic E-state index is -3.64.